The molecule has 0 radical (unpaired) electrons. The first-order valence-electron chi connectivity index (χ1n) is 6.62. The summed E-state index contributed by atoms with van der Waals surface area (Å²) in [6.45, 7) is 3.23. The summed E-state index contributed by atoms with van der Waals surface area (Å²) in [6, 6.07) is 3.90. The van der Waals surface area contributed by atoms with Crippen LogP contribution in [0.5, 0.6) is 0 Å². The van der Waals surface area contributed by atoms with E-state index < -0.39 is 0 Å². The monoisotopic (exact) mass is 273 g/mol. The summed E-state index contributed by atoms with van der Waals surface area (Å²) in [7, 11) is 0. The Bertz CT molecular complexity index is 606. The lowest BCUT2D eigenvalue weighted by atomic mass is 10.1. The van der Waals surface area contributed by atoms with Crippen LogP contribution in [-0.2, 0) is 6.42 Å². The molecule has 20 heavy (non-hydrogen) atoms. The summed E-state index contributed by atoms with van der Waals surface area (Å²) in [4.78, 5) is 23.1. The first-order valence-corrected chi connectivity index (χ1v) is 6.62. The average molecular weight is 273 g/mol. The molecule has 0 spiro atoms. The van der Waals surface area contributed by atoms with E-state index in [1.54, 1.807) is 12.4 Å². The molecule has 0 saturated carbocycles. The molecule has 2 aromatic rings. The van der Waals surface area contributed by atoms with Gasteiger partial charge in [0.25, 0.3) is 5.56 Å². The summed E-state index contributed by atoms with van der Waals surface area (Å²) >= 11 is 0. The van der Waals surface area contributed by atoms with Gasteiger partial charge >= 0.3 is 0 Å². The van der Waals surface area contributed by atoms with Gasteiger partial charge in [-0.05, 0) is 31.5 Å². The lowest BCUT2D eigenvalue weighted by Gasteiger charge is -2.05. The Morgan fingerprint density at radius 3 is 2.80 bits per heavy atom. The van der Waals surface area contributed by atoms with E-state index in [0.717, 1.165) is 17.7 Å². The third-order valence-corrected chi connectivity index (χ3v) is 2.91. The van der Waals surface area contributed by atoms with Gasteiger partial charge in [-0.25, -0.2) is 4.98 Å². The minimum absolute atomic E-state index is 0.129. The van der Waals surface area contributed by atoms with Gasteiger partial charge in [-0.1, -0.05) is 6.07 Å². The molecule has 0 saturated heterocycles. The maximum Gasteiger partial charge on any atom is 0.255 e. The molecule has 0 aliphatic carbocycles. The van der Waals surface area contributed by atoms with Crippen LogP contribution < -0.4 is 16.6 Å². The van der Waals surface area contributed by atoms with Gasteiger partial charge < -0.3 is 11.1 Å². The van der Waals surface area contributed by atoms with Crippen molar-refractivity contribution in [1.29, 1.82) is 0 Å². The Kier molecular flexibility index (Phi) is 4.84. The largest absolute Gasteiger partial charge is 0.356 e. The number of H-pyrrole nitrogens is 1. The molecule has 2 rings (SSSR count). The number of nitrogens with two attached hydrogens (primary N) is 1. The van der Waals surface area contributed by atoms with Gasteiger partial charge in [0.1, 0.15) is 0 Å². The van der Waals surface area contributed by atoms with Crippen LogP contribution in [0.3, 0.4) is 0 Å². The Labute approximate surface area is 117 Å². The van der Waals surface area contributed by atoms with Gasteiger partial charge in [-0.15, -0.1) is 0 Å². The number of hydrogen-bond donors (Lipinski definition) is 3. The van der Waals surface area contributed by atoms with Gasteiger partial charge in [0, 0.05) is 36.6 Å². The van der Waals surface area contributed by atoms with Crippen molar-refractivity contribution in [3.8, 4) is 0 Å². The summed E-state index contributed by atoms with van der Waals surface area (Å²) in [5, 5.41) is 3.03. The van der Waals surface area contributed by atoms with E-state index in [9.17, 15) is 4.79 Å². The lowest BCUT2D eigenvalue weighted by molar-refractivity contribution is 0.860. The maximum atomic E-state index is 12.0. The predicted octanol–water partition coefficient (Wildman–Crippen LogP) is 0.825. The molecule has 6 nitrogen and oxygen atoms in total. The Morgan fingerprint density at radius 2 is 2.15 bits per heavy atom. The quantitative estimate of drug-likeness (QED) is 0.677. The van der Waals surface area contributed by atoms with Crippen LogP contribution in [0.2, 0.25) is 0 Å². The first-order chi connectivity index (χ1) is 9.69. The average Bonchev–Trinajstić information content (AvgIpc) is 2.44. The van der Waals surface area contributed by atoms with E-state index >= 15 is 0 Å². The van der Waals surface area contributed by atoms with Crippen LogP contribution in [0.15, 0.2) is 29.3 Å². The molecule has 0 aromatic carbocycles. The molecular weight excluding hydrogens is 254 g/mol. The van der Waals surface area contributed by atoms with E-state index in [2.05, 4.69) is 20.3 Å². The Morgan fingerprint density at radius 1 is 1.30 bits per heavy atom. The molecule has 0 atom stereocenters. The van der Waals surface area contributed by atoms with Crippen LogP contribution in [0, 0.1) is 6.92 Å². The number of anilines is 1. The summed E-state index contributed by atoms with van der Waals surface area (Å²) in [6.07, 6.45) is 4.74. The third-order valence-electron chi connectivity index (χ3n) is 2.91. The van der Waals surface area contributed by atoms with Crippen molar-refractivity contribution in [3.05, 3.63) is 51.7 Å². The smallest absolute Gasteiger partial charge is 0.255 e. The SMILES string of the molecule is Cc1ccc(Cc2cnc(NCCCN)[nH]c2=O)cn1. The second-order valence-electron chi connectivity index (χ2n) is 4.64. The van der Waals surface area contributed by atoms with Crippen LogP contribution in [0.4, 0.5) is 5.95 Å². The number of aromatic nitrogens is 3. The second kappa shape index (κ2) is 6.81. The van der Waals surface area contributed by atoms with Crippen molar-refractivity contribution in [3.63, 3.8) is 0 Å². The number of aromatic amines is 1. The van der Waals surface area contributed by atoms with E-state index in [4.69, 9.17) is 5.73 Å². The number of nitrogens with one attached hydrogen (secondary N) is 2. The fourth-order valence-corrected chi connectivity index (χ4v) is 1.77. The molecule has 4 N–H and O–H groups in total. The number of pyridine rings is 1. The predicted molar refractivity (Wildman–Crippen MR) is 78.8 cm³/mol. The van der Waals surface area contributed by atoms with Crippen LogP contribution >= 0.6 is 0 Å². The topological polar surface area (TPSA) is 96.7 Å². The highest BCUT2D eigenvalue weighted by molar-refractivity contribution is 5.27. The zero-order chi connectivity index (χ0) is 14.4. The number of hydrogen-bond acceptors (Lipinski definition) is 5. The molecule has 0 aliphatic heterocycles. The molecule has 6 heteroatoms. The zero-order valence-electron chi connectivity index (χ0n) is 11.5. The van der Waals surface area contributed by atoms with Crippen molar-refractivity contribution in [2.45, 2.75) is 19.8 Å². The Hall–Kier alpha value is -2.21. The third kappa shape index (κ3) is 3.89. The second-order valence-corrected chi connectivity index (χ2v) is 4.64. The minimum atomic E-state index is -0.129. The van der Waals surface area contributed by atoms with Crippen molar-refractivity contribution >= 4 is 5.95 Å². The highest BCUT2D eigenvalue weighted by atomic mass is 16.1. The summed E-state index contributed by atoms with van der Waals surface area (Å²) in [5.41, 5.74) is 7.85. The van der Waals surface area contributed by atoms with Crippen LogP contribution in [-0.4, -0.2) is 28.0 Å². The van der Waals surface area contributed by atoms with Gasteiger partial charge in [-0.3, -0.25) is 14.8 Å². The number of nitrogens with zero attached hydrogens (tertiary/aromatic N) is 2. The van der Waals surface area contributed by atoms with Gasteiger partial charge in [0.2, 0.25) is 5.95 Å². The van der Waals surface area contributed by atoms with Crippen LogP contribution in [0.1, 0.15) is 23.2 Å². The van der Waals surface area contributed by atoms with E-state index in [1.807, 2.05) is 19.1 Å². The molecule has 2 heterocycles. The van der Waals surface area contributed by atoms with E-state index in [-0.39, 0.29) is 5.56 Å². The normalized spacial score (nSPS) is 10.5. The van der Waals surface area contributed by atoms with Crippen molar-refractivity contribution in [2.24, 2.45) is 5.73 Å². The first kappa shape index (κ1) is 14.2. The molecule has 0 amide bonds. The highest BCUT2D eigenvalue weighted by Crippen LogP contribution is 2.05. The molecule has 0 bridgehead atoms. The van der Waals surface area contributed by atoms with Crippen LogP contribution in [0.25, 0.3) is 0 Å². The fourth-order valence-electron chi connectivity index (χ4n) is 1.77. The molecule has 106 valence electrons. The molecule has 0 aliphatic rings. The summed E-state index contributed by atoms with van der Waals surface area (Å²) < 4.78 is 0. The lowest BCUT2D eigenvalue weighted by Crippen LogP contribution is -2.18. The van der Waals surface area contributed by atoms with E-state index in [0.29, 0.717) is 31.0 Å². The molecule has 0 fully saturated rings. The fraction of sp³-hybridized carbons (Fsp3) is 0.357. The van der Waals surface area contributed by atoms with Crippen molar-refractivity contribution in [2.75, 3.05) is 18.4 Å². The Balaban J connectivity index is 2.06. The highest BCUT2D eigenvalue weighted by Gasteiger charge is 2.04. The molecule has 2 aromatic heterocycles. The number of rotatable bonds is 6. The van der Waals surface area contributed by atoms with Gasteiger partial charge in [0.05, 0.1) is 0 Å². The van der Waals surface area contributed by atoms with Crippen molar-refractivity contribution in [1.82, 2.24) is 15.0 Å². The molecule has 0 unspecified atom stereocenters. The van der Waals surface area contributed by atoms with Gasteiger partial charge in [0.15, 0.2) is 0 Å². The zero-order valence-corrected chi connectivity index (χ0v) is 11.5. The maximum absolute atomic E-state index is 12.0. The van der Waals surface area contributed by atoms with E-state index in [1.165, 1.54) is 0 Å². The number of aryl methyl sites for hydroxylation is 1. The summed E-state index contributed by atoms with van der Waals surface area (Å²) in [5.74, 6) is 0.481. The molecular formula is C14H19N5O. The van der Waals surface area contributed by atoms with Gasteiger partial charge in [-0.2, -0.15) is 0 Å². The van der Waals surface area contributed by atoms with Crippen molar-refractivity contribution < 1.29 is 0 Å². The minimum Gasteiger partial charge on any atom is -0.356 e. The standard InChI is InChI=1S/C14H19N5O/c1-10-3-4-11(8-17-10)7-12-9-18-14(19-13(12)20)16-6-2-5-15/h3-4,8-9H,2,5-7,15H2,1H3,(H2,16,18,19,20).